The van der Waals surface area contributed by atoms with E-state index >= 15 is 0 Å². The van der Waals surface area contributed by atoms with E-state index in [4.69, 9.17) is 11.6 Å². The third-order valence-electron chi connectivity index (χ3n) is 3.48. The van der Waals surface area contributed by atoms with E-state index in [0.29, 0.717) is 22.0 Å². The van der Waals surface area contributed by atoms with Gasteiger partial charge in [0, 0.05) is 22.0 Å². The van der Waals surface area contributed by atoms with Crippen molar-refractivity contribution in [2.24, 2.45) is 0 Å². The van der Waals surface area contributed by atoms with Crippen LogP contribution in [0.2, 0.25) is 5.02 Å². The van der Waals surface area contributed by atoms with E-state index in [1.165, 1.54) is 6.92 Å². The normalized spacial score (nSPS) is 10.7. The maximum Gasteiger partial charge on any atom is 0.189 e. The third-order valence-corrected chi connectivity index (χ3v) is 4.74. The molecule has 0 aliphatic carbocycles. The highest BCUT2D eigenvalue weighted by molar-refractivity contribution is 7.99. The number of H-pyrrole nitrogens is 1. The van der Waals surface area contributed by atoms with Crippen molar-refractivity contribution in [3.63, 3.8) is 0 Å². The lowest BCUT2D eigenvalue weighted by Crippen LogP contribution is -2.05. The summed E-state index contributed by atoms with van der Waals surface area (Å²) in [4.78, 5) is 27.0. The molecular weight excluding hydrogens is 318 g/mol. The zero-order chi connectivity index (χ0) is 16.3. The molecule has 0 bridgehead atoms. The molecule has 1 aromatic carbocycles. The van der Waals surface area contributed by atoms with Gasteiger partial charge in [-0.05, 0) is 44.0 Å². The van der Waals surface area contributed by atoms with E-state index < -0.39 is 0 Å². The molecule has 0 saturated heterocycles. The highest BCUT2D eigenvalue weighted by atomic mass is 35.5. The lowest BCUT2D eigenvalue weighted by molar-refractivity contribution is 0.101. The Hall–Kier alpha value is -1.52. The molecule has 1 heterocycles. The first kappa shape index (κ1) is 16.8. The van der Waals surface area contributed by atoms with Gasteiger partial charge in [0.2, 0.25) is 0 Å². The Morgan fingerprint density at radius 3 is 2.36 bits per heavy atom. The van der Waals surface area contributed by atoms with Crippen molar-refractivity contribution in [1.82, 2.24) is 4.98 Å². The minimum atomic E-state index is -0.0147. The van der Waals surface area contributed by atoms with E-state index in [0.717, 1.165) is 22.6 Å². The second kappa shape index (κ2) is 7.16. The van der Waals surface area contributed by atoms with Crippen LogP contribution in [-0.4, -0.2) is 22.3 Å². The summed E-state index contributed by atoms with van der Waals surface area (Å²) in [6.07, 6.45) is 0. The van der Waals surface area contributed by atoms with Crippen LogP contribution in [0.4, 0.5) is 0 Å². The first-order valence-corrected chi connectivity index (χ1v) is 8.49. The predicted octanol–water partition coefficient (Wildman–Crippen LogP) is 4.60. The molecule has 5 heteroatoms. The molecule has 0 atom stereocenters. The fourth-order valence-electron chi connectivity index (χ4n) is 2.47. The molecule has 1 N–H and O–H groups in total. The maximum atomic E-state index is 12.3. The topological polar surface area (TPSA) is 49.9 Å². The number of hydrogen-bond acceptors (Lipinski definition) is 3. The van der Waals surface area contributed by atoms with Crippen molar-refractivity contribution < 1.29 is 9.59 Å². The minimum absolute atomic E-state index is 0.0147. The summed E-state index contributed by atoms with van der Waals surface area (Å²) >= 11 is 7.39. The minimum Gasteiger partial charge on any atom is -0.355 e. The molecule has 0 fully saturated rings. The van der Waals surface area contributed by atoms with Gasteiger partial charge in [-0.3, -0.25) is 9.59 Å². The Bertz CT molecular complexity index is 704. The second-order valence-corrected chi connectivity index (χ2v) is 6.65. The average molecular weight is 336 g/mol. The summed E-state index contributed by atoms with van der Waals surface area (Å²) in [6.45, 7) is 5.16. The van der Waals surface area contributed by atoms with Crippen LogP contribution in [0.3, 0.4) is 0 Å². The predicted molar refractivity (Wildman–Crippen MR) is 92.2 cm³/mol. The van der Waals surface area contributed by atoms with Gasteiger partial charge in [-0.2, -0.15) is 0 Å². The molecule has 0 aliphatic rings. The average Bonchev–Trinajstić information content (AvgIpc) is 2.76. The largest absolute Gasteiger partial charge is 0.355 e. The number of rotatable bonds is 6. The Kier molecular flexibility index (Phi) is 5.48. The Labute approximate surface area is 139 Å². The maximum absolute atomic E-state index is 12.3. The van der Waals surface area contributed by atoms with Crippen molar-refractivity contribution in [1.29, 1.82) is 0 Å². The molecule has 0 unspecified atom stereocenters. The van der Waals surface area contributed by atoms with Crippen molar-refractivity contribution in [2.75, 3.05) is 5.75 Å². The Balaban J connectivity index is 1.99. The molecule has 22 heavy (non-hydrogen) atoms. The summed E-state index contributed by atoms with van der Waals surface area (Å²) in [5.41, 5.74) is 3.82. The fraction of sp³-hybridized carbons (Fsp3) is 0.294. The lowest BCUT2D eigenvalue weighted by Gasteiger charge is -2.02. The SMILES string of the molecule is CC(=O)c1c(C)[nH]c(C(=O)CSCc2ccc(Cl)cc2)c1C. The molecule has 0 aliphatic heterocycles. The van der Waals surface area contributed by atoms with Gasteiger partial charge in [0.25, 0.3) is 0 Å². The van der Waals surface area contributed by atoms with E-state index in [2.05, 4.69) is 4.98 Å². The second-order valence-electron chi connectivity index (χ2n) is 5.22. The number of carbonyl (C=O) groups excluding carboxylic acids is 2. The molecule has 2 rings (SSSR count). The van der Waals surface area contributed by atoms with Gasteiger partial charge in [-0.15, -0.1) is 11.8 Å². The molecule has 0 spiro atoms. The molecule has 116 valence electrons. The summed E-state index contributed by atoms with van der Waals surface area (Å²) in [5, 5.41) is 0.707. The van der Waals surface area contributed by atoms with Crippen LogP contribution in [0.25, 0.3) is 0 Å². The van der Waals surface area contributed by atoms with E-state index in [1.54, 1.807) is 11.8 Å². The number of Topliss-reactive ketones (excluding diaryl/α,β-unsaturated/α-hetero) is 2. The van der Waals surface area contributed by atoms with Crippen LogP contribution < -0.4 is 0 Å². The van der Waals surface area contributed by atoms with Crippen LogP contribution in [0.5, 0.6) is 0 Å². The van der Waals surface area contributed by atoms with Gasteiger partial charge in [-0.1, -0.05) is 23.7 Å². The number of ketones is 2. The number of aromatic nitrogens is 1. The zero-order valence-electron chi connectivity index (χ0n) is 12.8. The molecular formula is C17H18ClNO2S. The van der Waals surface area contributed by atoms with E-state index in [-0.39, 0.29) is 11.6 Å². The van der Waals surface area contributed by atoms with E-state index in [1.807, 2.05) is 38.1 Å². The molecule has 0 amide bonds. The summed E-state index contributed by atoms with van der Waals surface area (Å²) in [6, 6.07) is 7.60. The Morgan fingerprint density at radius 2 is 1.82 bits per heavy atom. The summed E-state index contributed by atoms with van der Waals surface area (Å²) < 4.78 is 0. The monoisotopic (exact) mass is 335 g/mol. The van der Waals surface area contributed by atoms with Crippen molar-refractivity contribution in [3.05, 3.63) is 57.4 Å². The first-order valence-electron chi connectivity index (χ1n) is 6.95. The number of hydrogen-bond donors (Lipinski definition) is 1. The number of benzene rings is 1. The highest BCUT2D eigenvalue weighted by Gasteiger charge is 2.19. The van der Waals surface area contributed by atoms with Crippen LogP contribution in [0, 0.1) is 13.8 Å². The molecule has 1 aromatic heterocycles. The van der Waals surface area contributed by atoms with Gasteiger partial charge < -0.3 is 4.98 Å². The van der Waals surface area contributed by atoms with Crippen molar-refractivity contribution >= 4 is 34.9 Å². The Morgan fingerprint density at radius 1 is 1.18 bits per heavy atom. The quantitative estimate of drug-likeness (QED) is 0.784. The van der Waals surface area contributed by atoms with Crippen LogP contribution in [-0.2, 0) is 5.75 Å². The van der Waals surface area contributed by atoms with Crippen molar-refractivity contribution in [2.45, 2.75) is 26.5 Å². The highest BCUT2D eigenvalue weighted by Crippen LogP contribution is 2.21. The van der Waals surface area contributed by atoms with Gasteiger partial charge >= 0.3 is 0 Å². The summed E-state index contributed by atoms with van der Waals surface area (Å²) in [7, 11) is 0. The molecule has 3 nitrogen and oxygen atoms in total. The number of aromatic amines is 1. The van der Waals surface area contributed by atoms with Crippen LogP contribution in [0.15, 0.2) is 24.3 Å². The molecule has 0 radical (unpaired) electrons. The molecule has 0 saturated carbocycles. The van der Waals surface area contributed by atoms with Crippen LogP contribution >= 0.6 is 23.4 Å². The van der Waals surface area contributed by atoms with Gasteiger partial charge in [0.1, 0.15) is 0 Å². The number of nitrogens with one attached hydrogen (secondary N) is 1. The third kappa shape index (κ3) is 3.81. The zero-order valence-corrected chi connectivity index (χ0v) is 14.4. The number of carbonyl (C=O) groups is 2. The van der Waals surface area contributed by atoms with Gasteiger partial charge in [0.05, 0.1) is 11.4 Å². The number of aryl methyl sites for hydroxylation is 1. The van der Waals surface area contributed by atoms with Gasteiger partial charge in [-0.25, -0.2) is 0 Å². The number of halogens is 1. The van der Waals surface area contributed by atoms with E-state index in [9.17, 15) is 9.59 Å². The number of thioether (sulfide) groups is 1. The lowest BCUT2D eigenvalue weighted by atomic mass is 10.1. The molecule has 2 aromatic rings. The smallest absolute Gasteiger partial charge is 0.189 e. The summed E-state index contributed by atoms with van der Waals surface area (Å²) in [5.74, 6) is 1.13. The first-order chi connectivity index (χ1) is 10.4. The van der Waals surface area contributed by atoms with Gasteiger partial charge in [0.15, 0.2) is 11.6 Å². The van der Waals surface area contributed by atoms with Crippen LogP contribution in [0.1, 0.15) is 44.6 Å². The van der Waals surface area contributed by atoms with Crippen molar-refractivity contribution in [3.8, 4) is 0 Å². The fourth-order valence-corrected chi connectivity index (χ4v) is 3.46. The standard InChI is InChI=1S/C17H18ClNO2S/c1-10-16(12(3)20)11(2)19-17(10)15(21)9-22-8-13-4-6-14(18)7-5-13/h4-7,19H,8-9H2,1-3H3.